The highest BCUT2D eigenvalue weighted by Crippen LogP contribution is 2.27. The molecular formula is C16H27N5O5. The zero-order valence-corrected chi connectivity index (χ0v) is 15.3. The van der Waals surface area contributed by atoms with Crippen molar-refractivity contribution in [3.63, 3.8) is 0 Å². The molecule has 0 saturated carbocycles. The number of nitrogens with two attached hydrogens (primary N) is 1. The Labute approximate surface area is 152 Å². The maximum atomic E-state index is 12.8. The Balaban J connectivity index is 2.28. The third kappa shape index (κ3) is 4.06. The van der Waals surface area contributed by atoms with Crippen molar-refractivity contribution in [2.75, 3.05) is 26.7 Å². The van der Waals surface area contributed by atoms with Gasteiger partial charge < -0.3 is 20.6 Å². The molecule has 2 rings (SSSR count). The summed E-state index contributed by atoms with van der Waals surface area (Å²) in [6, 6.07) is -1.87. The van der Waals surface area contributed by atoms with E-state index in [1.54, 1.807) is 11.9 Å². The van der Waals surface area contributed by atoms with Gasteiger partial charge in [-0.3, -0.25) is 14.4 Å². The van der Waals surface area contributed by atoms with Gasteiger partial charge in [0, 0.05) is 13.6 Å². The Bertz CT molecular complexity index is 583. The van der Waals surface area contributed by atoms with Gasteiger partial charge in [-0.2, -0.15) is 0 Å². The van der Waals surface area contributed by atoms with Gasteiger partial charge in [-0.25, -0.2) is 14.8 Å². The normalized spacial score (nSPS) is 24.0. The summed E-state index contributed by atoms with van der Waals surface area (Å²) in [6.45, 7) is 2.53. The molecule has 2 heterocycles. The van der Waals surface area contributed by atoms with E-state index in [2.05, 4.69) is 6.92 Å². The highest BCUT2D eigenvalue weighted by molar-refractivity contribution is 5.93. The SMILES string of the molecule is CCCCCCN1C[C@H]2N(C(=O)CN(C)N2C(N)=O)[C@@H](CC(=O)O)C1=O. The molecule has 3 N–H and O–H groups in total. The molecule has 0 bridgehead atoms. The molecule has 0 unspecified atom stereocenters. The molecule has 10 nitrogen and oxygen atoms in total. The van der Waals surface area contributed by atoms with Crippen LogP contribution in [0, 0.1) is 0 Å². The second-order valence-electron chi connectivity index (χ2n) is 6.74. The van der Waals surface area contributed by atoms with Gasteiger partial charge in [0.15, 0.2) is 0 Å². The number of amides is 4. The summed E-state index contributed by atoms with van der Waals surface area (Å²) in [6.07, 6.45) is 2.56. The predicted octanol–water partition coefficient (Wildman–Crippen LogP) is -0.352. The molecule has 2 aliphatic rings. The number of nitrogens with zero attached hydrogens (tertiary/aromatic N) is 4. The minimum atomic E-state index is -1.17. The zero-order chi connectivity index (χ0) is 19.4. The van der Waals surface area contributed by atoms with E-state index >= 15 is 0 Å². The smallest absolute Gasteiger partial charge is 0.331 e. The van der Waals surface area contributed by atoms with E-state index in [0.29, 0.717) is 6.54 Å². The number of fused-ring (bicyclic) bond motifs is 1. The number of carboxylic acid groups (broad SMARTS) is 1. The molecule has 0 aromatic heterocycles. The first-order chi connectivity index (χ1) is 12.3. The molecule has 2 fully saturated rings. The van der Waals surface area contributed by atoms with Crippen LogP contribution in [0.3, 0.4) is 0 Å². The molecule has 0 aromatic rings. The van der Waals surface area contributed by atoms with E-state index in [1.165, 1.54) is 14.9 Å². The van der Waals surface area contributed by atoms with Gasteiger partial charge in [-0.1, -0.05) is 26.2 Å². The van der Waals surface area contributed by atoms with Gasteiger partial charge in [-0.15, -0.1) is 0 Å². The maximum absolute atomic E-state index is 12.8. The average Bonchev–Trinajstić information content (AvgIpc) is 2.53. The molecule has 2 aliphatic heterocycles. The molecule has 2 atom stereocenters. The van der Waals surface area contributed by atoms with Crippen LogP contribution in [0.25, 0.3) is 0 Å². The van der Waals surface area contributed by atoms with Crippen molar-refractivity contribution in [2.45, 2.75) is 51.2 Å². The molecule has 0 radical (unpaired) electrons. The van der Waals surface area contributed by atoms with E-state index in [0.717, 1.165) is 25.7 Å². The fourth-order valence-electron chi connectivity index (χ4n) is 3.63. The monoisotopic (exact) mass is 369 g/mol. The Kier molecular flexibility index (Phi) is 6.41. The van der Waals surface area contributed by atoms with Crippen LogP contribution < -0.4 is 5.73 Å². The summed E-state index contributed by atoms with van der Waals surface area (Å²) in [7, 11) is 1.56. The van der Waals surface area contributed by atoms with Gasteiger partial charge in [0.1, 0.15) is 12.2 Å². The van der Waals surface area contributed by atoms with Crippen molar-refractivity contribution in [3.8, 4) is 0 Å². The fourth-order valence-corrected chi connectivity index (χ4v) is 3.63. The number of carbonyl (C=O) groups is 4. The Hall–Kier alpha value is -2.36. The average molecular weight is 369 g/mol. The van der Waals surface area contributed by atoms with E-state index in [-0.39, 0.29) is 24.9 Å². The van der Waals surface area contributed by atoms with Crippen molar-refractivity contribution >= 4 is 23.8 Å². The van der Waals surface area contributed by atoms with Crippen LogP contribution in [0.4, 0.5) is 4.79 Å². The van der Waals surface area contributed by atoms with Crippen molar-refractivity contribution < 1.29 is 24.3 Å². The van der Waals surface area contributed by atoms with Crippen LogP contribution in [0.15, 0.2) is 0 Å². The number of aliphatic carboxylic acids is 1. The highest BCUT2D eigenvalue weighted by atomic mass is 16.4. The van der Waals surface area contributed by atoms with E-state index in [9.17, 15) is 24.3 Å². The van der Waals surface area contributed by atoms with Crippen LogP contribution in [-0.2, 0) is 14.4 Å². The molecule has 4 amide bonds. The van der Waals surface area contributed by atoms with Gasteiger partial charge in [0.25, 0.3) is 0 Å². The van der Waals surface area contributed by atoms with E-state index in [1.807, 2.05) is 0 Å². The third-order valence-corrected chi connectivity index (χ3v) is 4.81. The number of likely N-dealkylation sites (N-methyl/N-ethyl adjacent to an activating group) is 1. The number of hydrogen-bond donors (Lipinski definition) is 2. The van der Waals surface area contributed by atoms with Gasteiger partial charge >= 0.3 is 12.0 Å². The Morgan fingerprint density at radius 2 is 1.92 bits per heavy atom. The zero-order valence-electron chi connectivity index (χ0n) is 15.3. The topological polar surface area (TPSA) is 127 Å². The van der Waals surface area contributed by atoms with Gasteiger partial charge in [-0.05, 0) is 6.42 Å². The first kappa shape index (κ1) is 20.0. The number of rotatable bonds is 7. The van der Waals surface area contributed by atoms with Crippen LogP contribution in [-0.4, -0.2) is 87.6 Å². The number of carbonyl (C=O) groups excluding carboxylic acids is 3. The summed E-state index contributed by atoms with van der Waals surface area (Å²) in [5, 5.41) is 11.8. The lowest BCUT2D eigenvalue weighted by atomic mass is 10.0. The molecule has 2 saturated heterocycles. The summed E-state index contributed by atoms with van der Waals surface area (Å²) < 4.78 is 0. The van der Waals surface area contributed by atoms with E-state index < -0.39 is 30.6 Å². The first-order valence-corrected chi connectivity index (χ1v) is 8.89. The summed E-state index contributed by atoms with van der Waals surface area (Å²) in [5.74, 6) is -1.95. The van der Waals surface area contributed by atoms with Crippen molar-refractivity contribution in [3.05, 3.63) is 0 Å². The summed E-state index contributed by atoms with van der Waals surface area (Å²) >= 11 is 0. The Morgan fingerprint density at radius 1 is 1.23 bits per heavy atom. The van der Waals surface area contributed by atoms with Gasteiger partial charge in [0.2, 0.25) is 11.8 Å². The fraction of sp³-hybridized carbons (Fsp3) is 0.750. The lowest BCUT2D eigenvalue weighted by Crippen LogP contribution is -2.75. The van der Waals surface area contributed by atoms with Crippen LogP contribution >= 0.6 is 0 Å². The first-order valence-electron chi connectivity index (χ1n) is 8.89. The van der Waals surface area contributed by atoms with Crippen LogP contribution in [0.5, 0.6) is 0 Å². The number of hydrogen-bond acceptors (Lipinski definition) is 5. The summed E-state index contributed by atoms with van der Waals surface area (Å²) in [4.78, 5) is 51.2. The quantitative estimate of drug-likeness (QED) is 0.590. The van der Waals surface area contributed by atoms with Crippen molar-refractivity contribution in [1.29, 1.82) is 0 Å². The van der Waals surface area contributed by atoms with Crippen molar-refractivity contribution in [2.24, 2.45) is 5.73 Å². The van der Waals surface area contributed by atoms with E-state index in [4.69, 9.17) is 5.73 Å². The number of carboxylic acids is 1. The second-order valence-corrected chi connectivity index (χ2v) is 6.74. The summed E-state index contributed by atoms with van der Waals surface area (Å²) in [5.41, 5.74) is 5.46. The molecule has 0 aliphatic carbocycles. The highest BCUT2D eigenvalue weighted by Gasteiger charge is 2.50. The molecule has 146 valence electrons. The second kappa shape index (κ2) is 8.35. The lowest BCUT2D eigenvalue weighted by Gasteiger charge is -2.53. The standard InChI is InChI=1S/C16H27N5O5/c1-3-4-5-6-7-19-9-12-20(11(15(19)25)8-14(23)24)13(22)10-18(2)21(12)16(17)26/h11-12H,3-10H2,1-2H3,(H2,17,26)(H,23,24)/t11-,12-/m0/s1. The molecule has 0 aromatic carbocycles. The Morgan fingerprint density at radius 3 is 2.50 bits per heavy atom. The molecule has 10 heteroatoms. The third-order valence-electron chi connectivity index (χ3n) is 4.81. The number of urea groups is 1. The number of primary amides is 1. The number of unbranched alkanes of at least 4 members (excludes halogenated alkanes) is 3. The van der Waals surface area contributed by atoms with Crippen molar-refractivity contribution in [1.82, 2.24) is 19.8 Å². The largest absolute Gasteiger partial charge is 0.481 e. The maximum Gasteiger partial charge on any atom is 0.331 e. The molecule has 0 spiro atoms. The predicted molar refractivity (Wildman–Crippen MR) is 91.4 cm³/mol. The number of hydrazine groups is 1. The minimum absolute atomic E-state index is 0.125. The van der Waals surface area contributed by atoms with Gasteiger partial charge in [0.05, 0.1) is 19.5 Å². The number of piperazine rings is 1. The van der Waals surface area contributed by atoms with Crippen LogP contribution in [0.2, 0.25) is 0 Å². The van der Waals surface area contributed by atoms with Crippen LogP contribution in [0.1, 0.15) is 39.0 Å². The molecular weight excluding hydrogens is 342 g/mol. The minimum Gasteiger partial charge on any atom is -0.481 e. The molecule has 26 heavy (non-hydrogen) atoms. The lowest BCUT2D eigenvalue weighted by molar-refractivity contribution is -0.188.